The van der Waals surface area contributed by atoms with E-state index in [-0.39, 0.29) is 4.90 Å². The third-order valence-corrected chi connectivity index (χ3v) is 13.8. The second-order valence-corrected chi connectivity index (χ2v) is 19.9. The molecule has 0 aliphatic rings. The number of benzene rings is 1. The lowest BCUT2D eigenvalue weighted by Gasteiger charge is -2.39. The summed E-state index contributed by atoms with van der Waals surface area (Å²) in [4.78, 5) is 0.0426. The van der Waals surface area contributed by atoms with E-state index >= 15 is 0 Å². The number of unbranched alkanes of at least 4 members (excludes halogenated alkanes) is 36. The topological polar surface area (TPSA) is 54.4 Å². The van der Waals surface area contributed by atoms with Gasteiger partial charge in [-0.1, -0.05) is 245 Å². The molecule has 0 aliphatic carbocycles. The Morgan fingerprint density at radius 2 is 0.632 bits per heavy atom. The van der Waals surface area contributed by atoms with Crippen molar-refractivity contribution in [2.45, 2.75) is 283 Å². The van der Waals surface area contributed by atoms with Crippen molar-refractivity contribution in [2.75, 3.05) is 19.6 Å². The minimum atomic E-state index is -4.21. The van der Waals surface area contributed by atoms with E-state index in [9.17, 15) is 13.0 Å². The zero-order chi connectivity index (χ0) is 41.4. The fourth-order valence-corrected chi connectivity index (χ4v) is 9.71. The molecule has 0 radical (unpaired) electrons. The first-order valence-corrected chi connectivity index (χ1v) is 27.2. The van der Waals surface area contributed by atoms with E-state index in [1.807, 2.05) is 6.07 Å². The van der Waals surface area contributed by atoms with Crippen molar-refractivity contribution in [3.63, 3.8) is 0 Å². The van der Waals surface area contributed by atoms with Crippen LogP contribution >= 0.6 is 0 Å². The van der Waals surface area contributed by atoms with Crippen LogP contribution in [-0.4, -0.2) is 37.1 Å². The van der Waals surface area contributed by atoms with Crippen LogP contribution in [0.4, 0.5) is 0 Å². The summed E-state index contributed by atoms with van der Waals surface area (Å²) in [6.07, 6.45) is 53.6. The number of hydrogen-bond acceptors (Lipinski definition) is 2. The number of hydrogen-bond donors (Lipinski definition) is 1. The van der Waals surface area contributed by atoms with Crippen molar-refractivity contribution in [3.05, 3.63) is 29.8 Å². The largest absolute Gasteiger partial charge is 0.320 e. The molecular formula is C52H100NO3S+. The second kappa shape index (κ2) is 39.2. The summed E-state index contributed by atoms with van der Waals surface area (Å²) in [7, 11) is -4.21. The quantitative estimate of drug-likeness (QED) is 0.0405. The highest BCUT2D eigenvalue weighted by molar-refractivity contribution is 7.85. The molecule has 0 heterocycles. The minimum absolute atomic E-state index is 0.0426. The van der Waals surface area contributed by atoms with E-state index in [1.165, 1.54) is 270 Å². The highest BCUT2D eigenvalue weighted by Crippen LogP contribution is 2.24. The molecule has 0 saturated carbocycles. The Balaban J connectivity index is 2.72. The second-order valence-electron chi connectivity index (χ2n) is 18.5. The molecule has 0 atom stereocenters. The Morgan fingerprint density at radius 1 is 0.386 bits per heavy atom. The predicted octanol–water partition coefficient (Wildman–Crippen LogP) is 17.5. The number of rotatable bonds is 45. The summed E-state index contributed by atoms with van der Waals surface area (Å²) in [5, 5.41) is 0. The van der Waals surface area contributed by atoms with Crippen LogP contribution in [0.25, 0.3) is 0 Å². The lowest BCUT2D eigenvalue weighted by atomic mass is 10.0. The number of quaternary nitrogens is 1. The average Bonchev–Trinajstić information content (AvgIpc) is 3.20. The normalized spacial score (nSPS) is 12.2. The van der Waals surface area contributed by atoms with E-state index in [0.717, 1.165) is 16.6 Å². The maximum Gasteiger partial charge on any atom is 0.294 e. The zero-order valence-corrected chi connectivity index (χ0v) is 39.7. The Morgan fingerprint density at radius 3 is 0.877 bits per heavy atom. The molecule has 0 spiro atoms. The van der Waals surface area contributed by atoms with Gasteiger partial charge in [0.25, 0.3) is 10.1 Å². The van der Waals surface area contributed by atoms with Gasteiger partial charge in [-0.2, -0.15) is 8.42 Å². The van der Waals surface area contributed by atoms with Crippen LogP contribution < -0.4 is 0 Å². The molecule has 0 aliphatic heterocycles. The van der Waals surface area contributed by atoms with Crippen LogP contribution in [0.2, 0.25) is 0 Å². The molecule has 5 heteroatoms. The first-order chi connectivity index (χ1) is 27.9. The molecule has 0 fully saturated rings. The van der Waals surface area contributed by atoms with Crippen LogP contribution in [-0.2, 0) is 16.7 Å². The summed E-state index contributed by atoms with van der Waals surface area (Å²) in [5.74, 6) is 0. The third-order valence-electron chi connectivity index (χ3n) is 12.9. The molecule has 0 bridgehead atoms. The first-order valence-electron chi connectivity index (χ1n) is 25.8. The molecule has 0 aromatic heterocycles. The zero-order valence-electron chi connectivity index (χ0n) is 38.8. The van der Waals surface area contributed by atoms with E-state index in [2.05, 4.69) is 26.8 Å². The molecule has 1 aromatic carbocycles. The van der Waals surface area contributed by atoms with Gasteiger partial charge < -0.3 is 4.48 Å². The third kappa shape index (κ3) is 33.5. The fraction of sp³-hybridized carbons (Fsp3) is 0.885. The maximum atomic E-state index is 12.1. The van der Waals surface area contributed by atoms with E-state index in [4.69, 9.17) is 0 Å². The first kappa shape index (κ1) is 54.1. The van der Waals surface area contributed by atoms with Gasteiger partial charge in [0, 0.05) is 5.56 Å². The van der Waals surface area contributed by atoms with Crippen LogP contribution in [0.5, 0.6) is 0 Å². The minimum Gasteiger partial charge on any atom is -0.320 e. The molecule has 1 aromatic rings. The van der Waals surface area contributed by atoms with Gasteiger partial charge >= 0.3 is 0 Å². The van der Waals surface area contributed by atoms with Gasteiger partial charge in [0.1, 0.15) is 6.54 Å². The Kier molecular flexibility index (Phi) is 37.2. The molecule has 336 valence electrons. The molecule has 0 unspecified atom stereocenters. The highest BCUT2D eigenvalue weighted by Gasteiger charge is 2.27. The van der Waals surface area contributed by atoms with E-state index in [1.54, 1.807) is 12.1 Å². The molecular weight excluding hydrogens is 719 g/mol. The Bertz CT molecular complexity index is 1010. The van der Waals surface area contributed by atoms with Crippen LogP contribution in [0.15, 0.2) is 29.2 Å². The van der Waals surface area contributed by atoms with Gasteiger partial charge in [0.05, 0.1) is 24.5 Å². The van der Waals surface area contributed by atoms with Crippen LogP contribution in [0, 0.1) is 0 Å². The molecule has 0 amide bonds. The molecule has 0 saturated heterocycles. The molecule has 1 rings (SSSR count). The van der Waals surface area contributed by atoms with Crippen LogP contribution in [0.1, 0.15) is 277 Å². The highest BCUT2D eigenvalue weighted by atomic mass is 32.2. The smallest absolute Gasteiger partial charge is 0.294 e. The van der Waals surface area contributed by atoms with Gasteiger partial charge in [0.2, 0.25) is 0 Å². The van der Waals surface area contributed by atoms with E-state index in [0.29, 0.717) is 0 Å². The summed E-state index contributed by atoms with van der Waals surface area (Å²) in [6, 6.07) is 7.21. The lowest BCUT2D eigenvalue weighted by Crippen LogP contribution is -2.49. The van der Waals surface area contributed by atoms with E-state index < -0.39 is 10.1 Å². The standard InChI is InChI=1S/C52H99NO3S/c1-4-7-10-13-16-19-22-25-28-31-34-37-40-46-53(50-51-44-43-45-52(49-51)57(54,55)56,47-41-38-35-32-29-26-23-20-17-14-11-8-5-2)48-42-39-36-33-30-27-24-21-18-15-12-9-6-3/h43-45,49H,4-42,46-48,50H2,1-3H3/p+1. The monoisotopic (exact) mass is 819 g/mol. The van der Waals surface area contributed by atoms with Crippen molar-refractivity contribution in [2.24, 2.45) is 0 Å². The van der Waals surface area contributed by atoms with Crippen molar-refractivity contribution in [3.8, 4) is 0 Å². The van der Waals surface area contributed by atoms with Gasteiger partial charge in [-0.05, 0) is 50.7 Å². The average molecular weight is 819 g/mol. The lowest BCUT2D eigenvalue weighted by molar-refractivity contribution is -0.941. The SMILES string of the molecule is CCCCCCCCCCCCCCC[N+](CCCCCCCCCCCCCCC)(CCCCCCCCCCCCCCC)Cc1cccc(S(=O)(=O)O)c1. The summed E-state index contributed by atoms with van der Waals surface area (Å²) in [6.45, 7) is 11.3. The fourth-order valence-electron chi connectivity index (χ4n) is 9.16. The maximum absolute atomic E-state index is 12.1. The number of nitrogens with zero attached hydrogens (tertiary/aromatic N) is 1. The molecule has 4 nitrogen and oxygen atoms in total. The van der Waals surface area contributed by atoms with Crippen molar-refractivity contribution >= 4 is 10.1 Å². The van der Waals surface area contributed by atoms with Crippen molar-refractivity contribution in [1.82, 2.24) is 0 Å². The van der Waals surface area contributed by atoms with Crippen molar-refractivity contribution < 1.29 is 17.5 Å². The summed E-state index contributed by atoms with van der Waals surface area (Å²) >= 11 is 0. The predicted molar refractivity (Wildman–Crippen MR) is 252 cm³/mol. The van der Waals surface area contributed by atoms with Gasteiger partial charge in [0.15, 0.2) is 0 Å². The Labute approximate surface area is 358 Å². The van der Waals surface area contributed by atoms with Gasteiger partial charge in [-0.25, -0.2) is 0 Å². The van der Waals surface area contributed by atoms with Crippen LogP contribution in [0.3, 0.4) is 0 Å². The Hall–Kier alpha value is -0.910. The van der Waals surface area contributed by atoms with Gasteiger partial charge in [-0.15, -0.1) is 0 Å². The summed E-state index contributed by atoms with van der Waals surface area (Å²) in [5.41, 5.74) is 1.06. The summed E-state index contributed by atoms with van der Waals surface area (Å²) < 4.78 is 35.2. The van der Waals surface area contributed by atoms with Crippen molar-refractivity contribution in [1.29, 1.82) is 0 Å². The molecule has 57 heavy (non-hydrogen) atoms. The molecule has 1 N–H and O–H groups in total. The van der Waals surface area contributed by atoms with Gasteiger partial charge in [-0.3, -0.25) is 4.55 Å².